The molecule has 0 aliphatic carbocycles. The summed E-state index contributed by atoms with van der Waals surface area (Å²) in [5.74, 6) is 0. The van der Waals surface area contributed by atoms with Crippen molar-refractivity contribution in [2.75, 3.05) is 46.2 Å². The van der Waals surface area contributed by atoms with Crippen LogP contribution in [0, 0.1) is 0 Å². The van der Waals surface area contributed by atoms with Gasteiger partial charge in [0.05, 0.1) is 46.2 Å². The Morgan fingerprint density at radius 3 is 2.12 bits per heavy atom. The molecule has 134 valence electrons. The Morgan fingerprint density at radius 2 is 1.46 bits per heavy atom. The van der Waals surface area contributed by atoms with Gasteiger partial charge in [-0.3, -0.25) is 24.3 Å². The quantitative estimate of drug-likeness (QED) is 0.334. The monoisotopic (exact) mass is 343 g/mol. The molecule has 0 aromatic carbocycles. The number of H-pyrrole nitrogens is 3. The molecule has 0 atom stereocenters. The van der Waals surface area contributed by atoms with Crippen molar-refractivity contribution in [3.8, 4) is 0 Å². The number of fused-ring (bicyclic) bond motifs is 1. The molecule has 0 aliphatic rings. The molecular formula is C13H21N5O6. The Kier molecular flexibility index (Phi) is 6.93. The zero-order valence-electron chi connectivity index (χ0n) is 13.1. The van der Waals surface area contributed by atoms with Gasteiger partial charge in [-0.05, 0) is 0 Å². The van der Waals surface area contributed by atoms with Crippen LogP contribution in [0.3, 0.4) is 0 Å². The van der Waals surface area contributed by atoms with Gasteiger partial charge < -0.3 is 19.9 Å². The van der Waals surface area contributed by atoms with Crippen molar-refractivity contribution in [1.82, 2.24) is 19.5 Å². The lowest BCUT2D eigenvalue weighted by molar-refractivity contribution is 0.0143. The van der Waals surface area contributed by atoms with Crippen LogP contribution in [0.1, 0.15) is 0 Å². The van der Waals surface area contributed by atoms with Crippen LogP contribution in [0.15, 0.2) is 14.4 Å². The number of imidazole rings is 1. The molecule has 0 amide bonds. The van der Waals surface area contributed by atoms with E-state index in [-0.39, 0.29) is 24.3 Å². The first kappa shape index (κ1) is 18.1. The predicted molar refractivity (Wildman–Crippen MR) is 85.3 cm³/mol. The summed E-state index contributed by atoms with van der Waals surface area (Å²) in [6, 6.07) is 0. The molecule has 11 nitrogen and oxygen atoms in total. The lowest BCUT2D eigenvalue weighted by Crippen LogP contribution is -2.36. The molecule has 2 aromatic rings. The van der Waals surface area contributed by atoms with Gasteiger partial charge in [-0.25, -0.2) is 9.59 Å². The average Bonchev–Trinajstić information content (AvgIpc) is 2.92. The molecule has 0 fully saturated rings. The Bertz CT molecular complexity index is 804. The summed E-state index contributed by atoms with van der Waals surface area (Å²) in [7, 11) is 0. The van der Waals surface area contributed by atoms with E-state index in [1.807, 2.05) is 0 Å². The maximum absolute atomic E-state index is 12.1. The first-order chi connectivity index (χ1) is 11.6. The Labute approximate surface area is 135 Å². The largest absolute Gasteiger partial charge is 0.378 e. The molecule has 0 spiro atoms. The number of rotatable bonds is 11. The molecular weight excluding hydrogens is 322 g/mol. The summed E-state index contributed by atoms with van der Waals surface area (Å²) in [5.41, 5.74) is 3.63. The summed E-state index contributed by atoms with van der Waals surface area (Å²) in [5, 5.41) is 0. The minimum Gasteiger partial charge on any atom is -0.378 e. The van der Waals surface area contributed by atoms with E-state index in [0.29, 0.717) is 39.6 Å². The first-order valence-electron chi connectivity index (χ1n) is 7.52. The van der Waals surface area contributed by atoms with Gasteiger partial charge >= 0.3 is 11.4 Å². The molecule has 0 bridgehead atoms. The van der Waals surface area contributed by atoms with Gasteiger partial charge in [0.1, 0.15) is 5.65 Å². The average molecular weight is 343 g/mol. The highest BCUT2D eigenvalue weighted by Crippen LogP contribution is 1.92. The molecule has 2 aromatic heterocycles. The third-order valence-electron chi connectivity index (χ3n) is 3.13. The van der Waals surface area contributed by atoms with Crippen LogP contribution < -0.4 is 22.7 Å². The summed E-state index contributed by atoms with van der Waals surface area (Å²) in [6.07, 6.45) is 0. The SMILES string of the molecule is NCCOCCOCCOCCn1c(=O)[nH]c2[nH]c(=O)[nH]c2c1=O. The predicted octanol–water partition coefficient (Wildman–Crippen LogP) is -2.29. The van der Waals surface area contributed by atoms with E-state index in [1.54, 1.807) is 0 Å². The zero-order chi connectivity index (χ0) is 17.4. The molecule has 2 heterocycles. The molecule has 24 heavy (non-hydrogen) atoms. The molecule has 0 radical (unpaired) electrons. The van der Waals surface area contributed by atoms with Gasteiger partial charge in [-0.15, -0.1) is 0 Å². The number of nitrogens with two attached hydrogens (primary N) is 1. The van der Waals surface area contributed by atoms with Gasteiger partial charge in [-0.1, -0.05) is 0 Å². The van der Waals surface area contributed by atoms with Crippen molar-refractivity contribution in [3.63, 3.8) is 0 Å². The lowest BCUT2D eigenvalue weighted by Gasteiger charge is -2.07. The van der Waals surface area contributed by atoms with Gasteiger partial charge in [0.15, 0.2) is 5.52 Å². The van der Waals surface area contributed by atoms with Crippen molar-refractivity contribution < 1.29 is 14.2 Å². The van der Waals surface area contributed by atoms with Crippen LogP contribution in [0.4, 0.5) is 0 Å². The molecule has 0 unspecified atom stereocenters. The highest BCUT2D eigenvalue weighted by molar-refractivity contribution is 5.67. The minimum absolute atomic E-state index is 0.0282. The van der Waals surface area contributed by atoms with Crippen molar-refractivity contribution in [2.45, 2.75) is 6.54 Å². The van der Waals surface area contributed by atoms with Crippen LogP contribution >= 0.6 is 0 Å². The fourth-order valence-corrected chi connectivity index (χ4v) is 2.02. The Balaban J connectivity index is 1.73. The van der Waals surface area contributed by atoms with Crippen molar-refractivity contribution >= 4 is 11.2 Å². The number of hydrogen-bond donors (Lipinski definition) is 4. The molecule has 0 aliphatic heterocycles. The van der Waals surface area contributed by atoms with Crippen molar-refractivity contribution in [2.24, 2.45) is 5.73 Å². The summed E-state index contributed by atoms with van der Waals surface area (Å²) < 4.78 is 16.7. The van der Waals surface area contributed by atoms with Gasteiger partial charge in [0.25, 0.3) is 5.56 Å². The van der Waals surface area contributed by atoms with Crippen LogP contribution in [0.2, 0.25) is 0 Å². The topological polar surface area (TPSA) is 157 Å². The maximum atomic E-state index is 12.1. The second-order valence-corrected chi connectivity index (χ2v) is 4.84. The van der Waals surface area contributed by atoms with E-state index in [2.05, 4.69) is 15.0 Å². The lowest BCUT2D eigenvalue weighted by atomic mass is 10.5. The molecule has 0 saturated carbocycles. The summed E-state index contributed by atoms with van der Waals surface area (Å²) >= 11 is 0. The van der Waals surface area contributed by atoms with Crippen LogP contribution in [-0.4, -0.2) is 65.7 Å². The van der Waals surface area contributed by atoms with E-state index in [9.17, 15) is 14.4 Å². The standard InChI is InChI=1S/C13H21N5O6/c14-1-3-22-5-7-24-8-6-23-4-2-18-11(19)9-10(17-13(18)21)16-12(20)15-9/h1-8,14H2,(H,17,21)(H2,15,16,20). The van der Waals surface area contributed by atoms with Gasteiger partial charge in [-0.2, -0.15) is 0 Å². The molecule has 11 heteroatoms. The number of ether oxygens (including phenoxy) is 3. The Hall–Kier alpha value is -2.21. The van der Waals surface area contributed by atoms with Crippen LogP contribution in [-0.2, 0) is 20.8 Å². The van der Waals surface area contributed by atoms with E-state index >= 15 is 0 Å². The maximum Gasteiger partial charge on any atom is 0.330 e. The number of aromatic nitrogens is 4. The fraction of sp³-hybridized carbons (Fsp3) is 0.615. The third kappa shape index (κ3) is 4.89. The van der Waals surface area contributed by atoms with Crippen LogP contribution in [0.5, 0.6) is 0 Å². The van der Waals surface area contributed by atoms with Crippen molar-refractivity contribution in [1.29, 1.82) is 0 Å². The molecule has 2 rings (SSSR count). The minimum atomic E-state index is -0.611. The van der Waals surface area contributed by atoms with E-state index in [0.717, 1.165) is 4.57 Å². The van der Waals surface area contributed by atoms with Crippen molar-refractivity contribution in [3.05, 3.63) is 31.3 Å². The molecule has 0 saturated heterocycles. The third-order valence-corrected chi connectivity index (χ3v) is 3.13. The van der Waals surface area contributed by atoms with E-state index in [4.69, 9.17) is 19.9 Å². The summed E-state index contributed by atoms with van der Waals surface area (Å²) in [6.45, 7) is 2.82. The van der Waals surface area contributed by atoms with Gasteiger partial charge in [0, 0.05) is 6.54 Å². The highest BCUT2D eigenvalue weighted by Gasteiger charge is 2.09. The highest BCUT2D eigenvalue weighted by atomic mass is 16.5. The summed E-state index contributed by atoms with van der Waals surface area (Å²) in [4.78, 5) is 42.2. The number of aromatic amines is 3. The zero-order valence-corrected chi connectivity index (χ0v) is 13.1. The second-order valence-electron chi connectivity index (χ2n) is 4.84. The number of hydrogen-bond acceptors (Lipinski definition) is 7. The number of nitrogens with one attached hydrogen (secondary N) is 3. The second kappa shape index (κ2) is 9.17. The normalized spacial score (nSPS) is 11.4. The van der Waals surface area contributed by atoms with E-state index in [1.165, 1.54) is 0 Å². The first-order valence-corrected chi connectivity index (χ1v) is 7.52. The van der Waals surface area contributed by atoms with Crippen LogP contribution in [0.25, 0.3) is 11.2 Å². The molecule has 5 N–H and O–H groups in total. The number of nitrogens with zero attached hydrogens (tertiary/aromatic N) is 1. The Morgan fingerprint density at radius 1 is 0.833 bits per heavy atom. The van der Waals surface area contributed by atoms with E-state index < -0.39 is 16.9 Å². The smallest absolute Gasteiger partial charge is 0.330 e. The fourth-order valence-electron chi connectivity index (χ4n) is 2.02. The van der Waals surface area contributed by atoms with Gasteiger partial charge in [0.2, 0.25) is 0 Å².